The highest BCUT2D eigenvalue weighted by Gasteiger charge is 2.15. The van der Waals surface area contributed by atoms with Gasteiger partial charge in [0, 0.05) is 6.07 Å². The third kappa shape index (κ3) is 2.12. The van der Waals surface area contributed by atoms with Gasteiger partial charge in [-0.15, -0.1) is 5.10 Å². The van der Waals surface area contributed by atoms with E-state index in [4.69, 9.17) is 16.7 Å². The summed E-state index contributed by atoms with van der Waals surface area (Å²) in [6.45, 7) is 1.56. The summed E-state index contributed by atoms with van der Waals surface area (Å²) >= 11 is 5.89. The molecule has 1 aromatic heterocycles. The SMILES string of the molecule is Cc1nc(C(=O)O)nn1-c1cc(F)ccc1Cl. The van der Waals surface area contributed by atoms with Crippen molar-refractivity contribution >= 4 is 17.6 Å². The average Bonchev–Trinajstić information content (AvgIpc) is 2.64. The maximum atomic E-state index is 13.1. The predicted octanol–water partition coefficient (Wildman–Crippen LogP) is 2.07. The van der Waals surface area contributed by atoms with Gasteiger partial charge in [0.25, 0.3) is 5.82 Å². The molecule has 0 saturated heterocycles. The Labute approximate surface area is 100 Å². The third-order valence-corrected chi connectivity index (χ3v) is 2.42. The third-order valence-electron chi connectivity index (χ3n) is 2.10. The summed E-state index contributed by atoms with van der Waals surface area (Å²) in [7, 11) is 0. The first-order chi connectivity index (χ1) is 7.99. The molecule has 0 amide bonds. The largest absolute Gasteiger partial charge is 0.475 e. The summed E-state index contributed by atoms with van der Waals surface area (Å²) in [5.41, 5.74) is 0.254. The van der Waals surface area contributed by atoms with Crippen molar-refractivity contribution in [3.05, 3.63) is 40.7 Å². The van der Waals surface area contributed by atoms with E-state index < -0.39 is 11.8 Å². The molecule has 0 fully saturated rings. The quantitative estimate of drug-likeness (QED) is 0.892. The van der Waals surface area contributed by atoms with Gasteiger partial charge >= 0.3 is 5.97 Å². The number of aromatic carboxylic acids is 1. The number of carboxylic acid groups (broad SMARTS) is 1. The Morgan fingerprint density at radius 2 is 2.24 bits per heavy atom. The van der Waals surface area contributed by atoms with Gasteiger partial charge in [-0.05, 0) is 19.1 Å². The van der Waals surface area contributed by atoms with Crippen LogP contribution in [0.4, 0.5) is 4.39 Å². The van der Waals surface area contributed by atoms with Gasteiger partial charge in [0.1, 0.15) is 11.6 Å². The van der Waals surface area contributed by atoms with Crippen molar-refractivity contribution in [2.75, 3.05) is 0 Å². The fourth-order valence-electron chi connectivity index (χ4n) is 1.36. The lowest BCUT2D eigenvalue weighted by molar-refractivity contribution is 0.0683. The zero-order valence-corrected chi connectivity index (χ0v) is 9.44. The molecule has 2 aromatic rings. The lowest BCUT2D eigenvalue weighted by Gasteiger charge is -2.04. The first-order valence-corrected chi connectivity index (χ1v) is 4.99. The summed E-state index contributed by atoms with van der Waals surface area (Å²) in [6, 6.07) is 3.74. The first-order valence-electron chi connectivity index (χ1n) is 4.61. The van der Waals surface area contributed by atoms with Crippen LogP contribution in [0.2, 0.25) is 5.02 Å². The van der Waals surface area contributed by atoms with Gasteiger partial charge < -0.3 is 5.11 Å². The van der Waals surface area contributed by atoms with Crippen molar-refractivity contribution in [1.29, 1.82) is 0 Å². The number of carbonyl (C=O) groups is 1. The van der Waals surface area contributed by atoms with E-state index in [1.54, 1.807) is 6.92 Å². The van der Waals surface area contributed by atoms with E-state index in [0.29, 0.717) is 5.82 Å². The highest BCUT2D eigenvalue weighted by Crippen LogP contribution is 2.21. The minimum Gasteiger partial charge on any atom is -0.475 e. The topological polar surface area (TPSA) is 68.0 Å². The maximum Gasteiger partial charge on any atom is 0.375 e. The molecule has 0 unspecified atom stereocenters. The molecule has 0 atom stereocenters. The van der Waals surface area contributed by atoms with E-state index in [2.05, 4.69) is 10.1 Å². The van der Waals surface area contributed by atoms with Gasteiger partial charge in [0.05, 0.1) is 10.7 Å². The summed E-state index contributed by atoms with van der Waals surface area (Å²) in [5.74, 6) is -1.78. The van der Waals surface area contributed by atoms with Crippen LogP contribution in [0.1, 0.15) is 16.4 Å². The van der Waals surface area contributed by atoms with E-state index in [9.17, 15) is 9.18 Å². The van der Waals surface area contributed by atoms with Crippen molar-refractivity contribution in [3.63, 3.8) is 0 Å². The Balaban J connectivity index is 2.60. The fraction of sp³-hybridized carbons (Fsp3) is 0.100. The second-order valence-corrected chi connectivity index (χ2v) is 3.70. The number of nitrogens with zero attached hydrogens (tertiary/aromatic N) is 3. The molecule has 0 aliphatic carbocycles. The molecule has 5 nitrogen and oxygen atoms in total. The second kappa shape index (κ2) is 4.14. The molecule has 0 bridgehead atoms. The molecule has 2 rings (SSSR count). The molecular formula is C10H7ClFN3O2. The molecule has 0 saturated carbocycles. The van der Waals surface area contributed by atoms with E-state index >= 15 is 0 Å². The number of aromatic nitrogens is 3. The van der Waals surface area contributed by atoms with Gasteiger partial charge in [0.2, 0.25) is 0 Å². The Morgan fingerprint density at radius 1 is 1.53 bits per heavy atom. The van der Waals surface area contributed by atoms with Crippen molar-refractivity contribution in [3.8, 4) is 5.69 Å². The molecule has 1 N–H and O–H groups in total. The second-order valence-electron chi connectivity index (χ2n) is 3.30. The lowest BCUT2D eigenvalue weighted by Crippen LogP contribution is -2.03. The van der Waals surface area contributed by atoms with Crippen LogP contribution in [-0.4, -0.2) is 25.8 Å². The first kappa shape index (κ1) is 11.5. The highest BCUT2D eigenvalue weighted by atomic mass is 35.5. The summed E-state index contributed by atoms with van der Waals surface area (Å²) in [5, 5.41) is 12.7. The number of halogens is 2. The monoisotopic (exact) mass is 255 g/mol. The van der Waals surface area contributed by atoms with E-state index in [1.165, 1.54) is 16.8 Å². The number of hydrogen-bond acceptors (Lipinski definition) is 3. The Bertz CT molecular complexity index is 597. The van der Waals surface area contributed by atoms with Gasteiger partial charge in [0.15, 0.2) is 0 Å². The molecule has 0 spiro atoms. The Hall–Kier alpha value is -1.95. The number of carboxylic acids is 1. The molecule has 0 radical (unpaired) electrons. The van der Waals surface area contributed by atoms with Crippen molar-refractivity contribution in [2.24, 2.45) is 0 Å². The fourth-order valence-corrected chi connectivity index (χ4v) is 1.55. The number of aryl methyl sites for hydroxylation is 1. The summed E-state index contributed by atoms with van der Waals surface area (Å²) < 4.78 is 14.3. The Kier molecular flexibility index (Phi) is 2.81. The number of benzene rings is 1. The molecule has 7 heteroatoms. The number of hydrogen-bond donors (Lipinski definition) is 1. The molecule has 17 heavy (non-hydrogen) atoms. The van der Waals surface area contributed by atoms with Crippen LogP contribution < -0.4 is 0 Å². The van der Waals surface area contributed by atoms with Crippen molar-refractivity contribution in [1.82, 2.24) is 14.8 Å². The van der Waals surface area contributed by atoms with Gasteiger partial charge in [-0.1, -0.05) is 11.6 Å². The van der Waals surface area contributed by atoms with Gasteiger partial charge in [-0.3, -0.25) is 0 Å². The molecule has 0 aliphatic heterocycles. The molecule has 1 heterocycles. The van der Waals surface area contributed by atoms with Crippen LogP contribution in [0, 0.1) is 12.7 Å². The normalized spacial score (nSPS) is 10.5. The van der Waals surface area contributed by atoms with Crippen LogP contribution >= 0.6 is 11.6 Å². The standard InChI is InChI=1S/C10H7ClFN3O2/c1-5-13-9(10(16)17)14-15(5)8-4-6(12)2-3-7(8)11/h2-4H,1H3,(H,16,17). The molecule has 88 valence electrons. The smallest absolute Gasteiger partial charge is 0.375 e. The predicted molar refractivity (Wildman–Crippen MR) is 58.0 cm³/mol. The van der Waals surface area contributed by atoms with Crippen LogP contribution in [0.3, 0.4) is 0 Å². The minimum atomic E-state index is -1.25. The van der Waals surface area contributed by atoms with Gasteiger partial charge in [-0.25, -0.2) is 18.9 Å². The van der Waals surface area contributed by atoms with Crippen LogP contribution in [0.25, 0.3) is 5.69 Å². The maximum absolute atomic E-state index is 13.1. The van der Waals surface area contributed by atoms with E-state index in [0.717, 1.165) is 6.07 Å². The average molecular weight is 256 g/mol. The van der Waals surface area contributed by atoms with E-state index in [1.807, 2.05) is 0 Å². The van der Waals surface area contributed by atoms with Crippen LogP contribution in [0.5, 0.6) is 0 Å². The van der Waals surface area contributed by atoms with Crippen molar-refractivity contribution < 1.29 is 14.3 Å². The summed E-state index contributed by atoms with van der Waals surface area (Å²) in [4.78, 5) is 14.4. The van der Waals surface area contributed by atoms with Gasteiger partial charge in [-0.2, -0.15) is 0 Å². The zero-order chi connectivity index (χ0) is 12.6. The minimum absolute atomic E-state index is 0.254. The molecule has 0 aliphatic rings. The Morgan fingerprint density at radius 3 is 2.82 bits per heavy atom. The van der Waals surface area contributed by atoms with Crippen LogP contribution in [0.15, 0.2) is 18.2 Å². The van der Waals surface area contributed by atoms with Crippen LogP contribution in [-0.2, 0) is 0 Å². The van der Waals surface area contributed by atoms with Crippen molar-refractivity contribution in [2.45, 2.75) is 6.92 Å². The highest BCUT2D eigenvalue weighted by molar-refractivity contribution is 6.32. The summed E-state index contributed by atoms with van der Waals surface area (Å²) in [6.07, 6.45) is 0. The number of rotatable bonds is 2. The lowest BCUT2D eigenvalue weighted by atomic mass is 10.3. The van der Waals surface area contributed by atoms with E-state index in [-0.39, 0.29) is 16.5 Å². The zero-order valence-electron chi connectivity index (χ0n) is 8.69. The molecular weight excluding hydrogens is 249 g/mol. The molecule has 1 aromatic carbocycles.